The van der Waals surface area contributed by atoms with Crippen molar-refractivity contribution >= 4 is 5.97 Å². The predicted octanol–water partition coefficient (Wildman–Crippen LogP) is 0.428. The van der Waals surface area contributed by atoms with Gasteiger partial charge in [0, 0.05) is 32.8 Å². The molecule has 4 nitrogen and oxygen atoms in total. The van der Waals surface area contributed by atoms with E-state index in [-0.39, 0.29) is 5.92 Å². The second-order valence-corrected chi connectivity index (χ2v) is 3.62. The number of hydrogen-bond donors (Lipinski definition) is 1. The van der Waals surface area contributed by atoms with E-state index in [2.05, 4.69) is 11.8 Å². The lowest BCUT2D eigenvalue weighted by atomic mass is 9.97. The molecule has 4 heteroatoms. The smallest absolute Gasteiger partial charge is 0.309 e. The number of nitrogens with zero attached hydrogens (tertiary/aromatic N) is 1. The third-order valence-corrected chi connectivity index (χ3v) is 2.62. The van der Waals surface area contributed by atoms with Crippen LogP contribution in [0, 0.1) is 5.92 Å². The van der Waals surface area contributed by atoms with E-state index in [0.29, 0.717) is 19.1 Å². The normalized spacial score (nSPS) is 21.1. The Morgan fingerprint density at radius 2 is 2.31 bits per heavy atom. The maximum Gasteiger partial charge on any atom is 0.309 e. The van der Waals surface area contributed by atoms with Crippen molar-refractivity contribution in [3.63, 3.8) is 0 Å². The van der Waals surface area contributed by atoms with Gasteiger partial charge in [0.2, 0.25) is 0 Å². The largest absolute Gasteiger partial charge is 0.481 e. The Balaban J connectivity index is 2.15. The zero-order valence-electron chi connectivity index (χ0n) is 8.19. The monoisotopic (exact) mass is 187 g/mol. The number of aliphatic carboxylic acids is 1. The molecule has 13 heavy (non-hydrogen) atoms. The summed E-state index contributed by atoms with van der Waals surface area (Å²) in [6.07, 6.45) is 0.975. The third kappa shape index (κ3) is 2.67. The summed E-state index contributed by atoms with van der Waals surface area (Å²) in [4.78, 5) is 12.7. The number of carboxylic acids is 1. The molecular weight excluding hydrogens is 170 g/mol. The summed E-state index contributed by atoms with van der Waals surface area (Å²) < 4.78 is 4.96. The second kappa shape index (κ2) is 4.58. The fraction of sp³-hybridized carbons (Fsp3) is 0.889. The van der Waals surface area contributed by atoms with Crippen molar-refractivity contribution in [2.45, 2.75) is 19.4 Å². The molecule has 1 saturated heterocycles. The van der Waals surface area contributed by atoms with Crippen LogP contribution in [-0.2, 0) is 9.53 Å². The minimum absolute atomic E-state index is 0.148. The van der Waals surface area contributed by atoms with Crippen LogP contribution in [0.4, 0.5) is 0 Å². The first-order valence-corrected chi connectivity index (χ1v) is 4.61. The van der Waals surface area contributed by atoms with Gasteiger partial charge in [-0.1, -0.05) is 0 Å². The Labute approximate surface area is 78.5 Å². The van der Waals surface area contributed by atoms with Gasteiger partial charge in [-0.3, -0.25) is 9.69 Å². The van der Waals surface area contributed by atoms with Crippen LogP contribution >= 0.6 is 0 Å². The van der Waals surface area contributed by atoms with Gasteiger partial charge in [-0.25, -0.2) is 0 Å². The number of ether oxygens (including phenoxy) is 1. The number of carbonyl (C=O) groups is 1. The molecule has 1 heterocycles. The molecule has 0 aromatic rings. The average Bonchev–Trinajstić information content (AvgIpc) is 1.97. The van der Waals surface area contributed by atoms with Crippen LogP contribution in [0.1, 0.15) is 13.3 Å². The van der Waals surface area contributed by atoms with Crippen LogP contribution in [0.2, 0.25) is 0 Å². The molecule has 1 fully saturated rings. The van der Waals surface area contributed by atoms with E-state index in [9.17, 15) is 4.79 Å². The summed E-state index contributed by atoms with van der Waals surface area (Å²) in [5, 5.41) is 8.66. The summed E-state index contributed by atoms with van der Waals surface area (Å²) in [7, 11) is 1.68. The standard InChI is InChI=1S/C9H17NO3/c1-7(3-4-13-2)10-5-8(6-10)9(11)12/h7-8H,3-6H2,1-2H3,(H,11,12). The lowest BCUT2D eigenvalue weighted by Crippen LogP contribution is -2.54. The van der Waals surface area contributed by atoms with Crippen molar-refractivity contribution in [1.29, 1.82) is 0 Å². The van der Waals surface area contributed by atoms with Gasteiger partial charge in [0.25, 0.3) is 0 Å². The minimum atomic E-state index is -0.671. The molecule has 0 aliphatic carbocycles. The first-order valence-electron chi connectivity index (χ1n) is 4.61. The fourth-order valence-corrected chi connectivity index (χ4v) is 1.50. The van der Waals surface area contributed by atoms with E-state index in [1.807, 2.05) is 0 Å². The van der Waals surface area contributed by atoms with Crippen molar-refractivity contribution in [3.8, 4) is 0 Å². The fourth-order valence-electron chi connectivity index (χ4n) is 1.50. The number of hydrogen-bond acceptors (Lipinski definition) is 3. The molecule has 0 aromatic heterocycles. The second-order valence-electron chi connectivity index (χ2n) is 3.62. The van der Waals surface area contributed by atoms with Gasteiger partial charge < -0.3 is 9.84 Å². The Morgan fingerprint density at radius 1 is 1.69 bits per heavy atom. The number of methoxy groups -OCH3 is 1. The molecular formula is C9H17NO3. The zero-order chi connectivity index (χ0) is 9.84. The topological polar surface area (TPSA) is 49.8 Å². The van der Waals surface area contributed by atoms with Gasteiger partial charge in [0.15, 0.2) is 0 Å². The van der Waals surface area contributed by atoms with Gasteiger partial charge in [-0.05, 0) is 13.3 Å². The van der Waals surface area contributed by atoms with Gasteiger partial charge in [0.1, 0.15) is 0 Å². The molecule has 0 spiro atoms. The SMILES string of the molecule is COCCC(C)N1CC(C(=O)O)C1. The molecule has 1 atom stereocenters. The highest BCUT2D eigenvalue weighted by atomic mass is 16.5. The van der Waals surface area contributed by atoms with E-state index in [1.54, 1.807) is 7.11 Å². The lowest BCUT2D eigenvalue weighted by Gasteiger charge is -2.41. The Hall–Kier alpha value is -0.610. The van der Waals surface area contributed by atoms with Crippen molar-refractivity contribution < 1.29 is 14.6 Å². The first kappa shape index (κ1) is 10.5. The summed E-state index contributed by atoms with van der Waals surface area (Å²) in [6.45, 7) is 4.24. The van der Waals surface area contributed by atoms with E-state index < -0.39 is 5.97 Å². The molecule has 0 aromatic carbocycles. The summed E-state index contributed by atoms with van der Waals surface area (Å²) in [5.74, 6) is -0.819. The average molecular weight is 187 g/mol. The molecule has 0 radical (unpaired) electrons. The first-order chi connectivity index (χ1) is 6.15. The Morgan fingerprint density at radius 3 is 2.77 bits per heavy atom. The van der Waals surface area contributed by atoms with Crippen LogP contribution in [0.3, 0.4) is 0 Å². The van der Waals surface area contributed by atoms with E-state index in [1.165, 1.54) is 0 Å². The molecule has 1 rings (SSSR count). The number of carboxylic acid groups (broad SMARTS) is 1. The van der Waals surface area contributed by atoms with E-state index in [0.717, 1.165) is 13.0 Å². The molecule has 1 aliphatic heterocycles. The van der Waals surface area contributed by atoms with Crippen molar-refractivity contribution in [2.24, 2.45) is 5.92 Å². The van der Waals surface area contributed by atoms with Crippen LogP contribution in [0.15, 0.2) is 0 Å². The summed E-state index contributed by atoms with van der Waals surface area (Å²) in [6, 6.07) is 0.440. The van der Waals surface area contributed by atoms with Gasteiger partial charge >= 0.3 is 5.97 Å². The van der Waals surface area contributed by atoms with Gasteiger partial charge in [-0.15, -0.1) is 0 Å². The summed E-state index contributed by atoms with van der Waals surface area (Å²) in [5.41, 5.74) is 0. The maximum absolute atomic E-state index is 10.5. The van der Waals surface area contributed by atoms with Gasteiger partial charge in [0.05, 0.1) is 5.92 Å². The van der Waals surface area contributed by atoms with E-state index >= 15 is 0 Å². The third-order valence-electron chi connectivity index (χ3n) is 2.62. The number of likely N-dealkylation sites (tertiary alicyclic amines) is 1. The summed E-state index contributed by atoms with van der Waals surface area (Å²) >= 11 is 0. The molecule has 1 N–H and O–H groups in total. The molecule has 0 bridgehead atoms. The van der Waals surface area contributed by atoms with Crippen molar-refractivity contribution in [3.05, 3.63) is 0 Å². The van der Waals surface area contributed by atoms with Gasteiger partial charge in [-0.2, -0.15) is 0 Å². The molecule has 0 amide bonds. The highest BCUT2D eigenvalue weighted by Crippen LogP contribution is 2.19. The Bertz CT molecular complexity index is 178. The van der Waals surface area contributed by atoms with E-state index in [4.69, 9.17) is 9.84 Å². The van der Waals surface area contributed by atoms with Crippen LogP contribution < -0.4 is 0 Å². The zero-order valence-corrected chi connectivity index (χ0v) is 8.19. The lowest BCUT2D eigenvalue weighted by molar-refractivity contribution is -0.148. The maximum atomic E-state index is 10.5. The Kier molecular flexibility index (Phi) is 3.69. The highest BCUT2D eigenvalue weighted by Gasteiger charge is 2.34. The van der Waals surface area contributed by atoms with Crippen LogP contribution in [0.5, 0.6) is 0 Å². The number of rotatable bonds is 5. The van der Waals surface area contributed by atoms with Crippen molar-refractivity contribution in [2.75, 3.05) is 26.8 Å². The van der Waals surface area contributed by atoms with Crippen LogP contribution in [-0.4, -0.2) is 48.8 Å². The molecule has 76 valence electrons. The minimum Gasteiger partial charge on any atom is -0.481 e. The molecule has 0 saturated carbocycles. The molecule has 1 unspecified atom stereocenters. The van der Waals surface area contributed by atoms with Crippen molar-refractivity contribution in [1.82, 2.24) is 4.90 Å². The molecule has 1 aliphatic rings. The van der Waals surface area contributed by atoms with Crippen LogP contribution in [0.25, 0.3) is 0 Å². The quantitative estimate of drug-likeness (QED) is 0.678. The predicted molar refractivity (Wildman–Crippen MR) is 48.7 cm³/mol. The highest BCUT2D eigenvalue weighted by molar-refractivity contribution is 5.71.